The van der Waals surface area contributed by atoms with Crippen molar-refractivity contribution < 1.29 is 9.59 Å². The number of hydrogen-bond donors (Lipinski definition) is 1. The Morgan fingerprint density at radius 1 is 1.08 bits per heavy atom. The predicted molar refractivity (Wildman–Crippen MR) is 158 cm³/mol. The molecule has 5 nitrogen and oxygen atoms in total. The lowest BCUT2D eigenvalue weighted by atomic mass is 9.85. The number of ketones is 1. The molecule has 0 spiro atoms. The van der Waals surface area contributed by atoms with E-state index < -0.39 is 0 Å². The Balaban J connectivity index is 1.41. The maximum absolute atomic E-state index is 13.2. The number of rotatable bonds is 9. The fourth-order valence-electron chi connectivity index (χ4n) is 5.58. The van der Waals surface area contributed by atoms with E-state index in [9.17, 15) is 9.59 Å². The molecule has 0 aliphatic heterocycles. The van der Waals surface area contributed by atoms with Crippen molar-refractivity contribution in [3.63, 3.8) is 0 Å². The van der Waals surface area contributed by atoms with Gasteiger partial charge in [0.25, 0.3) is 0 Å². The third kappa shape index (κ3) is 5.75. The van der Waals surface area contributed by atoms with Crippen molar-refractivity contribution in [2.24, 2.45) is 5.92 Å². The number of fused-ring (bicyclic) bond motifs is 1. The van der Waals surface area contributed by atoms with E-state index >= 15 is 0 Å². The van der Waals surface area contributed by atoms with Crippen LogP contribution in [0.1, 0.15) is 59.5 Å². The number of amides is 1. The summed E-state index contributed by atoms with van der Waals surface area (Å²) in [6.45, 7) is 0.863. The Morgan fingerprint density at radius 2 is 1.89 bits per heavy atom. The van der Waals surface area contributed by atoms with E-state index in [0.29, 0.717) is 40.2 Å². The molecule has 2 unspecified atom stereocenters. The van der Waals surface area contributed by atoms with Crippen molar-refractivity contribution in [3.05, 3.63) is 94.8 Å². The Kier molecular flexibility index (Phi) is 8.25. The molecule has 4 aromatic rings. The Hall–Kier alpha value is -2.71. The number of nitrogens with zero attached hydrogens (tertiary/aromatic N) is 2. The predicted octanol–water partition coefficient (Wildman–Crippen LogP) is 7.66. The van der Waals surface area contributed by atoms with Crippen molar-refractivity contribution in [2.75, 3.05) is 9.74 Å². The van der Waals surface area contributed by atoms with Crippen LogP contribution in [-0.4, -0.2) is 25.7 Å². The maximum Gasteiger partial charge on any atom is 0.225 e. The van der Waals surface area contributed by atoms with E-state index in [1.807, 2.05) is 54.6 Å². The van der Waals surface area contributed by atoms with Crippen LogP contribution in [0.3, 0.4) is 0 Å². The molecule has 1 amide bonds. The smallest absolute Gasteiger partial charge is 0.225 e. The van der Waals surface area contributed by atoms with E-state index in [-0.39, 0.29) is 11.7 Å². The minimum atomic E-state index is -0.0612. The highest BCUT2D eigenvalue weighted by atomic mass is 127. The number of benzene rings is 2. The van der Waals surface area contributed by atoms with Crippen LogP contribution >= 0.6 is 34.2 Å². The lowest BCUT2D eigenvalue weighted by Gasteiger charge is -2.19. The quantitative estimate of drug-likeness (QED) is 0.118. The number of hydrogen-bond acceptors (Lipinski definition) is 3. The summed E-state index contributed by atoms with van der Waals surface area (Å²) < 4.78 is 3.23. The summed E-state index contributed by atoms with van der Waals surface area (Å²) in [7, 11) is 0. The van der Waals surface area contributed by atoms with Crippen molar-refractivity contribution in [3.8, 4) is 0 Å². The van der Waals surface area contributed by atoms with Gasteiger partial charge in [-0.2, -0.15) is 0 Å². The number of alkyl halides is 1. The molecule has 190 valence electrons. The van der Waals surface area contributed by atoms with Crippen LogP contribution in [0.5, 0.6) is 0 Å². The molecule has 2 atom stereocenters. The highest BCUT2D eigenvalue weighted by Crippen LogP contribution is 2.45. The van der Waals surface area contributed by atoms with Gasteiger partial charge in [0.15, 0.2) is 5.78 Å². The van der Waals surface area contributed by atoms with Gasteiger partial charge in [0.05, 0.1) is 5.02 Å². The minimum Gasteiger partial charge on any atom is -0.346 e. The summed E-state index contributed by atoms with van der Waals surface area (Å²) in [5.74, 6) is 1.33. The van der Waals surface area contributed by atoms with Crippen LogP contribution in [0.15, 0.2) is 73.1 Å². The van der Waals surface area contributed by atoms with Crippen LogP contribution in [-0.2, 0) is 11.3 Å². The molecule has 1 N–H and O–H groups in total. The van der Waals surface area contributed by atoms with Crippen LogP contribution in [0, 0.1) is 5.92 Å². The zero-order valence-electron chi connectivity index (χ0n) is 20.5. The minimum absolute atomic E-state index is 0.00352. The number of carbonyl (C=O) groups excluding carboxylic acids is 2. The fourth-order valence-corrected chi connectivity index (χ4v) is 6.35. The molecule has 0 saturated heterocycles. The number of pyridine rings is 1. The van der Waals surface area contributed by atoms with Gasteiger partial charge in [0.2, 0.25) is 5.91 Å². The summed E-state index contributed by atoms with van der Waals surface area (Å²) in [6.07, 6.45) is 8.60. The molecule has 1 fully saturated rings. The highest BCUT2D eigenvalue weighted by molar-refractivity contribution is 14.1. The zero-order chi connectivity index (χ0) is 25.8. The van der Waals surface area contributed by atoms with Crippen LogP contribution in [0.2, 0.25) is 5.02 Å². The number of nitrogens with one attached hydrogen (secondary N) is 1. The van der Waals surface area contributed by atoms with Gasteiger partial charge in [-0.05, 0) is 60.9 Å². The van der Waals surface area contributed by atoms with Gasteiger partial charge in [0.1, 0.15) is 5.82 Å². The van der Waals surface area contributed by atoms with Crippen molar-refractivity contribution in [2.45, 2.75) is 44.6 Å². The van der Waals surface area contributed by atoms with Gasteiger partial charge in [-0.25, -0.2) is 4.98 Å². The lowest BCUT2D eigenvalue weighted by Crippen LogP contribution is -2.15. The molecule has 37 heavy (non-hydrogen) atoms. The van der Waals surface area contributed by atoms with E-state index in [2.05, 4.69) is 43.7 Å². The molecule has 2 aromatic heterocycles. The van der Waals surface area contributed by atoms with E-state index in [4.69, 9.17) is 11.6 Å². The highest BCUT2D eigenvalue weighted by Gasteiger charge is 2.31. The first kappa shape index (κ1) is 25.9. The molecule has 5 rings (SSSR count). The largest absolute Gasteiger partial charge is 0.346 e. The van der Waals surface area contributed by atoms with Gasteiger partial charge in [-0.1, -0.05) is 77.0 Å². The van der Waals surface area contributed by atoms with Crippen molar-refractivity contribution in [1.82, 2.24) is 9.55 Å². The van der Waals surface area contributed by atoms with E-state index in [1.165, 1.54) is 5.56 Å². The van der Waals surface area contributed by atoms with Crippen LogP contribution < -0.4 is 5.32 Å². The molecule has 0 bridgehead atoms. The number of halogens is 2. The fraction of sp³-hybridized carbons (Fsp3) is 0.300. The SMILES string of the molecule is O=C(CCC1CCCC1c1cn(CCI)c2cc(C(=O)c3ccccc3)c(Cl)cc12)Nc1ccccn1. The van der Waals surface area contributed by atoms with Gasteiger partial charge < -0.3 is 9.88 Å². The molecular formula is C30H29ClIN3O2. The van der Waals surface area contributed by atoms with Gasteiger partial charge in [0, 0.05) is 51.8 Å². The standard InChI is InChI=1S/C30H29ClIN3O2/c31-26-17-23-25(22-10-6-9-20(22)12-13-29(36)34-28-11-4-5-15-33-28)19-35(16-14-32)27(23)18-24(26)30(37)21-7-2-1-3-8-21/h1-5,7-8,11,15,17-20,22H,6,9-10,12-14,16H2,(H,33,34,36). The first-order valence-electron chi connectivity index (χ1n) is 12.7. The van der Waals surface area contributed by atoms with E-state index in [0.717, 1.165) is 47.6 Å². The van der Waals surface area contributed by atoms with Gasteiger partial charge in [-0.3, -0.25) is 9.59 Å². The number of aryl methyl sites for hydroxylation is 1. The van der Waals surface area contributed by atoms with Crippen molar-refractivity contribution >= 4 is 62.6 Å². The Bertz CT molecular complexity index is 1400. The first-order chi connectivity index (χ1) is 18.0. The van der Waals surface area contributed by atoms with Gasteiger partial charge in [-0.15, -0.1) is 0 Å². The molecule has 1 aliphatic rings. The summed E-state index contributed by atoms with van der Waals surface area (Å²) in [5.41, 5.74) is 3.51. The Morgan fingerprint density at radius 3 is 2.65 bits per heavy atom. The number of carbonyl (C=O) groups is 2. The monoisotopic (exact) mass is 625 g/mol. The second-order valence-electron chi connectivity index (χ2n) is 9.61. The van der Waals surface area contributed by atoms with Crippen molar-refractivity contribution in [1.29, 1.82) is 0 Å². The Labute approximate surface area is 235 Å². The summed E-state index contributed by atoms with van der Waals surface area (Å²) in [5, 5.41) is 4.51. The number of anilines is 1. The molecule has 1 aliphatic carbocycles. The third-order valence-corrected chi connectivity index (χ3v) is 8.14. The van der Waals surface area contributed by atoms with Crippen LogP contribution in [0.4, 0.5) is 5.82 Å². The molecule has 0 radical (unpaired) electrons. The average Bonchev–Trinajstić information content (AvgIpc) is 3.52. The van der Waals surface area contributed by atoms with E-state index in [1.54, 1.807) is 12.3 Å². The molecular weight excluding hydrogens is 597 g/mol. The lowest BCUT2D eigenvalue weighted by molar-refractivity contribution is -0.116. The normalized spacial score (nSPS) is 17.2. The summed E-state index contributed by atoms with van der Waals surface area (Å²) in [6, 6.07) is 18.7. The van der Waals surface area contributed by atoms with Gasteiger partial charge >= 0.3 is 0 Å². The first-order valence-corrected chi connectivity index (χ1v) is 14.6. The molecule has 7 heteroatoms. The summed E-state index contributed by atoms with van der Waals surface area (Å²) >= 11 is 9.13. The average molecular weight is 626 g/mol. The second-order valence-corrected chi connectivity index (χ2v) is 11.1. The topological polar surface area (TPSA) is 64.0 Å². The third-order valence-electron chi connectivity index (χ3n) is 7.34. The summed E-state index contributed by atoms with van der Waals surface area (Å²) in [4.78, 5) is 30.0. The molecule has 2 heterocycles. The molecule has 1 saturated carbocycles. The van der Waals surface area contributed by atoms with Crippen LogP contribution in [0.25, 0.3) is 10.9 Å². The second kappa shape index (κ2) is 11.8. The maximum atomic E-state index is 13.2. The number of aromatic nitrogens is 2. The zero-order valence-corrected chi connectivity index (χ0v) is 23.4. The molecule has 2 aromatic carbocycles.